The molecule has 1 aromatic heterocycles. The van der Waals surface area contributed by atoms with Gasteiger partial charge in [0, 0.05) is 25.8 Å². The van der Waals surface area contributed by atoms with Crippen LogP contribution in [-0.2, 0) is 0 Å². The first-order valence-corrected chi connectivity index (χ1v) is 6.79. The van der Waals surface area contributed by atoms with Gasteiger partial charge in [-0.3, -0.25) is 4.79 Å². The number of nitrogens with zero attached hydrogens (tertiary/aromatic N) is 2. The van der Waals surface area contributed by atoms with E-state index in [2.05, 4.69) is 10.3 Å². The van der Waals surface area contributed by atoms with Crippen LogP contribution in [0, 0.1) is 6.92 Å². The first-order chi connectivity index (χ1) is 9.09. The highest BCUT2D eigenvalue weighted by molar-refractivity contribution is 5.99. The molecule has 1 atom stereocenters. The second-order valence-electron chi connectivity index (χ2n) is 5.22. The fourth-order valence-corrected chi connectivity index (χ4v) is 2.63. The average molecular weight is 262 g/mol. The molecule has 2 rings (SSSR count). The molecule has 104 valence electrons. The van der Waals surface area contributed by atoms with Crippen molar-refractivity contribution in [2.24, 2.45) is 5.73 Å². The van der Waals surface area contributed by atoms with Crippen molar-refractivity contribution in [1.29, 1.82) is 0 Å². The summed E-state index contributed by atoms with van der Waals surface area (Å²) in [7, 11) is 1.96. The summed E-state index contributed by atoms with van der Waals surface area (Å²) in [5.74, 6) is 0.268. The summed E-state index contributed by atoms with van der Waals surface area (Å²) in [5.41, 5.74) is 6.87. The van der Waals surface area contributed by atoms with E-state index >= 15 is 0 Å². The molecule has 0 aromatic carbocycles. The Morgan fingerprint density at radius 3 is 3.00 bits per heavy atom. The molecular formula is C14H22N4O. The molecule has 0 radical (unpaired) electrons. The summed E-state index contributed by atoms with van der Waals surface area (Å²) in [4.78, 5) is 17.9. The van der Waals surface area contributed by atoms with Gasteiger partial charge in [0.2, 0.25) is 0 Å². The van der Waals surface area contributed by atoms with Crippen LogP contribution in [0.25, 0.3) is 0 Å². The van der Waals surface area contributed by atoms with Gasteiger partial charge in [0.05, 0.1) is 5.56 Å². The highest BCUT2D eigenvalue weighted by Gasteiger charge is 2.20. The van der Waals surface area contributed by atoms with Crippen molar-refractivity contribution in [2.75, 3.05) is 25.0 Å². The molecule has 3 N–H and O–H groups in total. The summed E-state index contributed by atoms with van der Waals surface area (Å²) in [5, 5.41) is 3.50. The van der Waals surface area contributed by atoms with Gasteiger partial charge in [-0.05, 0) is 37.9 Å². The van der Waals surface area contributed by atoms with Crippen molar-refractivity contribution in [3.63, 3.8) is 0 Å². The van der Waals surface area contributed by atoms with Crippen LogP contribution in [-0.4, -0.2) is 37.1 Å². The minimum Gasteiger partial charge on any atom is -0.365 e. The zero-order valence-electron chi connectivity index (χ0n) is 11.6. The van der Waals surface area contributed by atoms with E-state index in [1.54, 1.807) is 6.20 Å². The number of rotatable bonds is 4. The summed E-state index contributed by atoms with van der Waals surface area (Å²) in [6.45, 7) is 3.80. The molecule has 0 saturated carbocycles. The lowest BCUT2D eigenvalue weighted by Gasteiger charge is -2.29. The summed E-state index contributed by atoms with van der Waals surface area (Å²) >= 11 is 0. The van der Waals surface area contributed by atoms with Gasteiger partial charge in [-0.15, -0.1) is 0 Å². The van der Waals surface area contributed by atoms with E-state index in [0.717, 1.165) is 18.7 Å². The van der Waals surface area contributed by atoms with E-state index in [4.69, 9.17) is 5.73 Å². The molecule has 1 unspecified atom stereocenters. The molecule has 1 amide bonds. The lowest BCUT2D eigenvalue weighted by Crippen LogP contribution is -2.43. The van der Waals surface area contributed by atoms with Gasteiger partial charge < -0.3 is 16.0 Å². The first-order valence-electron chi connectivity index (χ1n) is 6.79. The van der Waals surface area contributed by atoms with Crippen LogP contribution in [0.5, 0.6) is 0 Å². The zero-order chi connectivity index (χ0) is 13.8. The summed E-state index contributed by atoms with van der Waals surface area (Å²) < 4.78 is 0. The van der Waals surface area contributed by atoms with Gasteiger partial charge in [0.25, 0.3) is 5.91 Å². The second-order valence-corrected chi connectivity index (χ2v) is 5.22. The molecule has 1 aliphatic heterocycles. The number of hydrogen-bond acceptors (Lipinski definition) is 4. The van der Waals surface area contributed by atoms with Crippen molar-refractivity contribution in [1.82, 2.24) is 10.3 Å². The summed E-state index contributed by atoms with van der Waals surface area (Å²) in [6.07, 6.45) is 5.40. The van der Waals surface area contributed by atoms with Crippen molar-refractivity contribution >= 4 is 11.7 Å². The number of hydrogen-bond donors (Lipinski definition) is 2. The van der Waals surface area contributed by atoms with E-state index in [0.29, 0.717) is 17.4 Å². The van der Waals surface area contributed by atoms with Gasteiger partial charge in [-0.2, -0.15) is 0 Å². The minimum atomic E-state index is -0.413. The molecule has 0 aliphatic carbocycles. The largest absolute Gasteiger partial charge is 0.365 e. The van der Waals surface area contributed by atoms with Crippen molar-refractivity contribution < 1.29 is 4.79 Å². The highest BCUT2D eigenvalue weighted by Crippen LogP contribution is 2.20. The van der Waals surface area contributed by atoms with E-state index in [-0.39, 0.29) is 0 Å². The number of anilines is 1. The number of likely N-dealkylation sites (N-methyl/N-ethyl adjacent to an activating group) is 1. The molecule has 0 spiro atoms. The summed E-state index contributed by atoms with van der Waals surface area (Å²) in [6, 6.07) is 2.28. The molecule has 1 aromatic rings. The fourth-order valence-electron chi connectivity index (χ4n) is 2.63. The molecule has 2 heterocycles. The second kappa shape index (κ2) is 6.02. The molecule has 5 nitrogen and oxygen atoms in total. The van der Waals surface area contributed by atoms with Gasteiger partial charge in [-0.1, -0.05) is 6.42 Å². The fraction of sp³-hybridized carbons (Fsp3) is 0.571. The average Bonchev–Trinajstić information content (AvgIpc) is 2.39. The van der Waals surface area contributed by atoms with Gasteiger partial charge in [0.1, 0.15) is 5.82 Å². The molecule has 1 saturated heterocycles. The van der Waals surface area contributed by atoms with Crippen molar-refractivity contribution in [2.45, 2.75) is 32.2 Å². The maximum Gasteiger partial charge on any atom is 0.252 e. The number of carbonyl (C=O) groups is 1. The predicted octanol–water partition coefficient (Wildman–Crippen LogP) is 1.07. The normalized spacial score (nSPS) is 19.2. The third-order valence-corrected chi connectivity index (χ3v) is 3.65. The Morgan fingerprint density at radius 2 is 2.37 bits per heavy atom. The third-order valence-electron chi connectivity index (χ3n) is 3.65. The molecular weight excluding hydrogens is 240 g/mol. The number of pyridine rings is 1. The minimum absolute atomic E-state index is 0.413. The van der Waals surface area contributed by atoms with Crippen molar-refractivity contribution in [3.8, 4) is 0 Å². The molecule has 1 aliphatic rings. The Labute approximate surface area is 114 Å². The Hall–Kier alpha value is -1.62. The molecule has 5 heteroatoms. The zero-order valence-corrected chi connectivity index (χ0v) is 11.6. The van der Waals surface area contributed by atoms with E-state index in [1.807, 2.05) is 24.9 Å². The number of aryl methyl sites for hydroxylation is 1. The van der Waals surface area contributed by atoms with Gasteiger partial charge >= 0.3 is 0 Å². The van der Waals surface area contributed by atoms with E-state index < -0.39 is 5.91 Å². The Morgan fingerprint density at radius 1 is 1.58 bits per heavy atom. The maximum absolute atomic E-state index is 11.6. The van der Waals surface area contributed by atoms with Crippen LogP contribution in [0.4, 0.5) is 5.82 Å². The number of nitrogens with one attached hydrogen (secondary N) is 1. The van der Waals surface area contributed by atoms with E-state index in [1.165, 1.54) is 19.3 Å². The quantitative estimate of drug-likeness (QED) is 0.851. The van der Waals surface area contributed by atoms with Crippen LogP contribution in [0.2, 0.25) is 0 Å². The highest BCUT2D eigenvalue weighted by atomic mass is 16.1. The number of nitrogens with two attached hydrogens (primary N) is 1. The molecule has 19 heavy (non-hydrogen) atoms. The number of amides is 1. The lowest BCUT2D eigenvalue weighted by atomic mass is 10.0. The Bertz CT molecular complexity index is 455. The number of piperidine rings is 1. The van der Waals surface area contributed by atoms with Crippen LogP contribution >= 0.6 is 0 Å². The Balaban J connectivity index is 2.16. The van der Waals surface area contributed by atoms with Crippen molar-refractivity contribution in [3.05, 3.63) is 23.4 Å². The van der Waals surface area contributed by atoms with Crippen LogP contribution in [0.1, 0.15) is 35.2 Å². The Kier molecular flexibility index (Phi) is 4.37. The first kappa shape index (κ1) is 13.8. The van der Waals surface area contributed by atoms with Gasteiger partial charge in [0.15, 0.2) is 0 Å². The van der Waals surface area contributed by atoms with Crippen LogP contribution in [0.3, 0.4) is 0 Å². The van der Waals surface area contributed by atoms with Crippen LogP contribution < -0.4 is 16.0 Å². The standard InChI is InChI=1S/C14H22N4O/c1-10-6-8-17-14(12(10)13(15)19)18(2)9-11-5-3-4-7-16-11/h6,8,11,16H,3-5,7,9H2,1-2H3,(H2,15,19). The number of carbonyl (C=O) groups excluding carboxylic acids is 1. The molecule has 1 fully saturated rings. The smallest absolute Gasteiger partial charge is 0.252 e. The third kappa shape index (κ3) is 3.23. The number of primary amides is 1. The maximum atomic E-state index is 11.6. The van der Waals surface area contributed by atoms with Gasteiger partial charge in [-0.25, -0.2) is 4.98 Å². The predicted molar refractivity (Wildman–Crippen MR) is 76.4 cm³/mol. The van der Waals surface area contributed by atoms with Crippen LogP contribution in [0.15, 0.2) is 12.3 Å². The topological polar surface area (TPSA) is 71.2 Å². The van der Waals surface area contributed by atoms with E-state index in [9.17, 15) is 4.79 Å². The number of aromatic nitrogens is 1. The molecule has 0 bridgehead atoms. The monoisotopic (exact) mass is 262 g/mol. The lowest BCUT2D eigenvalue weighted by molar-refractivity contribution is 0.1000. The SMILES string of the molecule is Cc1ccnc(N(C)CC2CCCCN2)c1C(N)=O.